The van der Waals surface area contributed by atoms with Crippen molar-refractivity contribution >= 4 is 69.0 Å². The van der Waals surface area contributed by atoms with Gasteiger partial charge in [0.25, 0.3) is 17.7 Å². The molecule has 0 aromatic heterocycles. The quantitative estimate of drug-likeness (QED) is 0.335. The third-order valence-electron chi connectivity index (χ3n) is 4.63. The van der Waals surface area contributed by atoms with Gasteiger partial charge in [-0.3, -0.25) is 14.4 Å². The van der Waals surface area contributed by atoms with Crippen molar-refractivity contribution in [1.29, 1.82) is 0 Å². The molecule has 0 bridgehead atoms. The lowest BCUT2D eigenvalue weighted by molar-refractivity contribution is -0.120. The Labute approximate surface area is 201 Å². The topological polar surface area (TPSA) is 78.5 Å². The molecule has 1 heterocycles. The lowest BCUT2D eigenvalue weighted by Crippen LogP contribution is -2.32. The number of nitrogens with zero attached hydrogens (tertiary/aromatic N) is 1. The third kappa shape index (κ3) is 4.51. The second-order valence-electron chi connectivity index (χ2n) is 6.77. The van der Waals surface area contributed by atoms with E-state index in [1.807, 2.05) is 12.1 Å². The largest absolute Gasteiger partial charge is 0.350 e. The van der Waals surface area contributed by atoms with Crippen LogP contribution in [0, 0.1) is 9.39 Å². The molecule has 0 saturated carbocycles. The minimum atomic E-state index is -0.709. The zero-order valence-electron chi connectivity index (χ0n) is 16.2. The number of anilines is 3. The van der Waals surface area contributed by atoms with Gasteiger partial charge in [0, 0.05) is 20.5 Å². The number of hydrogen-bond acceptors (Lipinski definition) is 4. The van der Waals surface area contributed by atoms with Gasteiger partial charge in [-0.05, 0) is 95.4 Å². The van der Waals surface area contributed by atoms with Gasteiger partial charge in [0.2, 0.25) is 0 Å². The molecular formula is C23H14ClFIN3O3. The van der Waals surface area contributed by atoms with Crippen LogP contribution in [-0.2, 0) is 9.59 Å². The summed E-state index contributed by atoms with van der Waals surface area (Å²) in [4.78, 5) is 38.5. The molecule has 32 heavy (non-hydrogen) atoms. The van der Waals surface area contributed by atoms with Crippen LogP contribution in [0.15, 0.2) is 83.5 Å². The average molecular weight is 562 g/mol. The number of imide groups is 1. The second-order valence-corrected chi connectivity index (χ2v) is 8.40. The molecule has 3 aromatic carbocycles. The number of rotatable bonds is 5. The Morgan fingerprint density at radius 1 is 0.844 bits per heavy atom. The van der Waals surface area contributed by atoms with Crippen molar-refractivity contribution in [2.45, 2.75) is 0 Å². The summed E-state index contributed by atoms with van der Waals surface area (Å²) in [7, 11) is 0. The maximum Gasteiger partial charge on any atom is 0.283 e. The number of carbonyl (C=O) groups excluding carboxylic acids is 3. The summed E-state index contributed by atoms with van der Waals surface area (Å²) in [6, 6.07) is 18.7. The molecule has 160 valence electrons. The molecule has 0 atom stereocenters. The predicted octanol–water partition coefficient (Wildman–Crippen LogP) is 5.12. The van der Waals surface area contributed by atoms with Crippen LogP contribution in [0.2, 0.25) is 0 Å². The highest BCUT2D eigenvalue weighted by atomic mass is 127. The minimum Gasteiger partial charge on any atom is -0.350 e. The van der Waals surface area contributed by atoms with Gasteiger partial charge >= 0.3 is 0 Å². The number of halogens is 3. The molecule has 3 aromatic rings. The molecule has 6 nitrogen and oxygen atoms in total. The van der Waals surface area contributed by atoms with E-state index in [1.165, 1.54) is 12.1 Å². The van der Waals surface area contributed by atoms with Gasteiger partial charge in [-0.1, -0.05) is 11.6 Å². The van der Waals surface area contributed by atoms with Gasteiger partial charge in [0.05, 0.1) is 5.69 Å². The van der Waals surface area contributed by atoms with Gasteiger partial charge in [0.15, 0.2) is 0 Å². The van der Waals surface area contributed by atoms with Crippen LogP contribution < -0.4 is 15.5 Å². The fourth-order valence-electron chi connectivity index (χ4n) is 3.02. The van der Waals surface area contributed by atoms with Crippen LogP contribution >= 0.6 is 34.2 Å². The molecule has 0 radical (unpaired) electrons. The fraction of sp³-hybridized carbons (Fsp3) is 0. The smallest absolute Gasteiger partial charge is 0.283 e. The first-order valence-corrected chi connectivity index (χ1v) is 10.8. The van der Waals surface area contributed by atoms with Crippen LogP contribution in [-0.4, -0.2) is 17.7 Å². The Balaban J connectivity index is 1.47. The van der Waals surface area contributed by atoms with Gasteiger partial charge in [0.1, 0.15) is 16.5 Å². The van der Waals surface area contributed by atoms with Crippen molar-refractivity contribution in [2.75, 3.05) is 15.5 Å². The predicted molar refractivity (Wildman–Crippen MR) is 129 cm³/mol. The molecule has 9 heteroatoms. The molecule has 0 spiro atoms. The summed E-state index contributed by atoms with van der Waals surface area (Å²) in [5.74, 6) is -2.15. The molecule has 4 rings (SSSR count). The summed E-state index contributed by atoms with van der Waals surface area (Å²) in [5, 5.41) is 5.36. The lowest BCUT2D eigenvalue weighted by Gasteiger charge is -2.15. The number of amides is 3. The maximum atomic E-state index is 13.2. The zero-order chi connectivity index (χ0) is 22.8. The molecule has 0 saturated heterocycles. The molecule has 0 aliphatic carbocycles. The fourth-order valence-corrected chi connectivity index (χ4v) is 3.59. The van der Waals surface area contributed by atoms with Gasteiger partial charge < -0.3 is 10.6 Å². The second kappa shape index (κ2) is 9.09. The van der Waals surface area contributed by atoms with Crippen LogP contribution in [0.3, 0.4) is 0 Å². The summed E-state index contributed by atoms with van der Waals surface area (Å²) in [6.45, 7) is 0. The van der Waals surface area contributed by atoms with E-state index in [2.05, 4.69) is 33.2 Å². The number of hydrogen-bond donors (Lipinski definition) is 2. The summed E-state index contributed by atoms with van der Waals surface area (Å²) in [6.07, 6.45) is 0. The summed E-state index contributed by atoms with van der Waals surface area (Å²) >= 11 is 8.28. The third-order valence-corrected chi connectivity index (χ3v) is 5.70. The van der Waals surface area contributed by atoms with Crippen LogP contribution in [0.5, 0.6) is 0 Å². The molecule has 1 aliphatic rings. The van der Waals surface area contributed by atoms with E-state index in [4.69, 9.17) is 11.6 Å². The standard InChI is InChI=1S/C23H14ClFIN3O3/c24-19-20(23(32)29(22(19)31)18-11-3-14(25)4-12-18)27-16-7-1-13(2-8-16)21(30)28-17-9-5-15(26)6-10-17/h1-12,27H,(H,28,30). The first-order chi connectivity index (χ1) is 15.3. The molecular weight excluding hydrogens is 548 g/mol. The van der Waals surface area contributed by atoms with Crippen LogP contribution in [0.25, 0.3) is 0 Å². The van der Waals surface area contributed by atoms with Crippen molar-refractivity contribution < 1.29 is 18.8 Å². The Hall–Kier alpha value is -3.24. The lowest BCUT2D eigenvalue weighted by atomic mass is 10.2. The first-order valence-electron chi connectivity index (χ1n) is 9.31. The van der Waals surface area contributed by atoms with Gasteiger partial charge in [-0.15, -0.1) is 0 Å². The molecule has 1 aliphatic heterocycles. The highest BCUT2D eigenvalue weighted by Crippen LogP contribution is 2.30. The van der Waals surface area contributed by atoms with E-state index in [1.54, 1.807) is 36.4 Å². The van der Waals surface area contributed by atoms with Crippen LogP contribution in [0.4, 0.5) is 21.5 Å². The van der Waals surface area contributed by atoms with Crippen molar-refractivity contribution in [2.24, 2.45) is 0 Å². The summed E-state index contributed by atoms with van der Waals surface area (Å²) in [5.41, 5.74) is 1.66. The Morgan fingerprint density at radius 2 is 1.44 bits per heavy atom. The summed E-state index contributed by atoms with van der Waals surface area (Å²) < 4.78 is 14.2. The molecule has 3 amide bonds. The average Bonchev–Trinajstić information content (AvgIpc) is 3.00. The monoisotopic (exact) mass is 561 g/mol. The normalized spacial score (nSPS) is 13.5. The van der Waals surface area contributed by atoms with E-state index in [0.29, 0.717) is 16.9 Å². The van der Waals surface area contributed by atoms with Crippen molar-refractivity contribution in [3.8, 4) is 0 Å². The van der Waals surface area contributed by atoms with Gasteiger partial charge in [-0.2, -0.15) is 0 Å². The zero-order valence-corrected chi connectivity index (χ0v) is 19.1. The van der Waals surface area contributed by atoms with E-state index in [0.717, 1.165) is 20.6 Å². The van der Waals surface area contributed by atoms with Crippen molar-refractivity contribution in [1.82, 2.24) is 0 Å². The Morgan fingerprint density at radius 3 is 2.06 bits per heavy atom. The van der Waals surface area contributed by atoms with E-state index < -0.39 is 17.6 Å². The molecule has 2 N–H and O–H groups in total. The Bertz CT molecular complexity index is 1240. The maximum absolute atomic E-state index is 13.2. The van der Waals surface area contributed by atoms with Crippen molar-refractivity contribution in [3.05, 3.63) is 98.5 Å². The highest BCUT2D eigenvalue weighted by molar-refractivity contribution is 14.1. The van der Waals surface area contributed by atoms with Crippen molar-refractivity contribution in [3.63, 3.8) is 0 Å². The van der Waals surface area contributed by atoms with E-state index in [-0.39, 0.29) is 22.3 Å². The first kappa shape index (κ1) is 22.0. The number of nitrogens with one attached hydrogen (secondary N) is 2. The van der Waals surface area contributed by atoms with Crippen LogP contribution in [0.1, 0.15) is 10.4 Å². The number of benzene rings is 3. The highest BCUT2D eigenvalue weighted by Gasteiger charge is 2.38. The van der Waals surface area contributed by atoms with Gasteiger partial charge in [-0.25, -0.2) is 9.29 Å². The van der Waals surface area contributed by atoms with E-state index in [9.17, 15) is 18.8 Å². The SMILES string of the molecule is O=C(Nc1ccc(I)cc1)c1ccc(NC2=C(Cl)C(=O)N(c3ccc(F)cc3)C2=O)cc1. The Kier molecular flexibility index (Phi) is 6.24. The molecule has 0 fully saturated rings. The minimum absolute atomic E-state index is 0.0999. The molecule has 0 unspecified atom stereocenters. The number of carbonyl (C=O) groups is 3. The van der Waals surface area contributed by atoms with E-state index >= 15 is 0 Å².